The van der Waals surface area contributed by atoms with Crippen LogP contribution in [0.5, 0.6) is 0 Å². The Morgan fingerprint density at radius 1 is 1.32 bits per heavy atom. The summed E-state index contributed by atoms with van der Waals surface area (Å²) in [6.07, 6.45) is 3.51. The highest BCUT2D eigenvalue weighted by atomic mass is 35.5. The Kier molecular flexibility index (Phi) is 6.88. The van der Waals surface area contributed by atoms with E-state index in [0.717, 1.165) is 24.1 Å². The predicted molar refractivity (Wildman–Crippen MR) is 103 cm³/mol. The lowest BCUT2D eigenvalue weighted by Crippen LogP contribution is -2.38. The Balaban J connectivity index is 1.90. The number of anilines is 1. The van der Waals surface area contributed by atoms with Crippen molar-refractivity contribution >= 4 is 29.1 Å². The summed E-state index contributed by atoms with van der Waals surface area (Å²) < 4.78 is 0. The monoisotopic (exact) mass is 364 g/mol. The summed E-state index contributed by atoms with van der Waals surface area (Å²) in [6, 6.07) is 5.72. The van der Waals surface area contributed by atoms with Crippen molar-refractivity contribution < 1.29 is 9.59 Å². The molecule has 2 atom stereocenters. The maximum Gasteiger partial charge on any atom is 0.227 e. The fourth-order valence-corrected chi connectivity index (χ4v) is 3.32. The summed E-state index contributed by atoms with van der Waals surface area (Å²) in [5.74, 6) is 0.351. The van der Waals surface area contributed by atoms with Gasteiger partial charge in [-0.15, -0.1) is 0 Å². The van der Waals surface area contributed by atoms with Gasteiger partial charge in [0.2, 0.25) is 11.8 Å². The summed E-state index contributed by atoms with van der Waals surface area (Å²) in [6.45, 7) is 8.79. The molecule has 1 aliphatic heterocycles. The molecule has 1 aromatic rings. The summed E-state index contributed by atoms with van der Waals surface area (Å²) in [5.41, 5.74) is 1.74. The standard InChI is InChI=1S/C20H29ClN2O2/c1-13(2)6-5-7-15(4)22-20(25)16-10-19(24)23(12-16)17-9-8-14(3)18(21)11-17/h8-9,11,13,15-16H,5-7,10,12H2,1-4H3,(H,22,25). The van der Waals surface area contributed by atoms with Gasteiger partial charge in [0.05, 0.1) is 5.92 Å². The van der Waals surface area contributed by atoms with Crippen molar-refractivity contribution in [2.75, 3.05) is 11.4 Å². The highest BCUT2D eigenvalue weighted by molar-refractivity contribution is 6.31. The van der Waals surface area contributed by atoms with Gasteiger partial charge in [0, 0.05) is 29.7 Å². The largest absolute Gasteiger partial charge is 0.353 e. The second kappa shape index (κ2) is 8.70. The molecule has 0 radical (unpaired) electrons. The fourth-order valence-electron chi connectivity index (χ4n) is 3.15. The number of carbonyl (C=O) groups excluding carboxylic acids is 2. The topological polar surface area (TPSA) is 49.4 Å². The Morgan fingerprint density at radius 3 is 2.68 bits per heavy atom. The molecule has 0 spiro atoms. The van der Waals surface area contributed by atoms with Crippen LogP contribution in [0.4, 0.5) is 5.69 Å². The molecule has 0 aliphatic carbocycles. The lowest BCUT2D eigenvalue weighted by Gasteiger charge is -2.19. The first-order valence-corrected chi connectivity index (χ1v) is 9.52. The van der Waals surface area contributed by atoms with E-state index in [1.807, 2.05) is 26.0 Å². The minimum Gasteiger partial charge on any atom is -0.353 e. The lowest BCUT2D eigenvalue weighted by molar-refractivity contribution is -0.126. The van der Waals surface area contributed by atoms with Crippen LogP contribution in [-0.4, -0.2) is 24.4 Å². The SMILES string of the molecule is Cc1ccc(N2CC(C(=O)NC(C)CCCC(C)C)CC2=O)cc1Cl. The molecule has 1 N–H and O–H groups in total. The number of rotatable bonds is 7. The van der Waals surface area contributed by atoms with Crippen molar-refractivity contribution in [3.05, 3.63) is 28.8 Å². The van der Waals surface area contributed by atoms with E-state index in [4.69, 9.17) is 11.6 Å². The number of carbonyl (C=O) groups is 2. The van der Waals surface area contributed by atoms with E-state index < -0.39 is 0 Å². The molecular weight excluding hydrogens is 336 g/mol. The van der Waals surface area contributed by atoms with Crippen LogP contribution in [0.25, 0.3) is 0 Å². The molecule has 1 aliphatic rings. The van der Waals surface area contributed by atoms with E-state index >= 15 is 0 Å². The van der Waals surface area contributed by atoms with Gasteiger partial charge in [0.1, 0.15) is 0 Å². The maximum absolute atomic E-state index is 12.5. The number of hydrogen-bond donors (Lipinski definition) is 1. The molecule has 138 valence electrons. The molecular formula is C20H29ClN2O2. The van der Waals surface area contributed by atoms with Crippen LogP contribution >= 0.6 is 11.6 Å². The molecule has 25 heavy (non-hydrogen) atoms. The highest BCUT2D eigenvalue weighted by Gasteiger charge is 2.35. The van der Waals surface area contributed by atoms with Gasteiger partial charge in [0.25, 0.3) is 0 Å². The number of nitrogens with one attached hydrogen (secondary N) is 1. The first kappa shape index (κ1) is 19.8. The molecule has 1 aromatic carbocycles. The molecule has 1 heterocycles. The van der Waals surface area contributed by atoms with Gasteiger partial charge in [-0.3, -0.25) is 9.59 Å². The lowest BCUT2D eigenvalue weighted by atomic mass is 10.0. The molecule has 2 unspecified atom stereocenters. The first-order chi connectivity index (χ1) is 11.8. The van der Waals surface area contributed by atoms with Crippen LogP contribution in [-0.2, 0) is 9.59 Å². The molecule has 0 bridgehead atoms. The number of amides is 2. The second-order valence-corrected chi connectivity index (χ2v) is 7.98. The number of halogens is 1. The number of nitrogens with zero attached hydrogens (tertiary/aromatic N) is 1. The summed E-state index contributed by atoms with van der Waals surface area (Å²) in [5, 5.41) is 3.70. The van der Waals surface area contributed by atoms with Gasteiger partial charge in [-0.05, 0) is 43.9 Å². The van der Waals surface area contributed by atoms with E-state index in [0.29, 0.717) is 17.5 Å². The van der Waals surface area contributed by atoms with Crippen LogP contribution < -0.4 is 10.2 Å². The van der Waals surface area contributed by atoms with E-state index in [9.17, 15) is 9.59 Å². The molecule has 4 nitrogen and oxygen atoms in total. The molecule has 0 aromatic heterocycles. The molecule has 1 fully saturated rings. The van der Waals surface area contributed by atoms with Crippen molar-refractivity contribution in [3.8, 4) is 0 Å². The quantitative estimate of drug-likeness (QED) is 0.782. The fraction of sp³-hybridized carbons (Fsp3) is 0.600. The van der Waals surface area contributed by atoms with E-state index in [1.165, 1.54) is 6.42 Å². The van der Waals surface area contributed by atoms with Gasteiger partial charge in [0.15, 0.2) is 0 Å². The van der Waals surface area contributed by atoms with Gasteiger partial charge in [-0.1, -0.05) is 44.4 Å². The van der Waals surface area contributed by atoms with Crippen molar-refractivity contribution in [2.24, 2.45) is 11.8 Å². The van der Waals surface area contributed by atoms with E-state index in [1.54, 1.807) is 11.0 Å². The predicted octanol–water partition coefficient (Wildman–Crippen LogP) is 4.33. The zero-order valence-corrected chi connectivity index (χ0v) is 16.4. The average molecular weight is 365 g/mol. The Bertz CT molecular complexity index is 630. The molecule has 0 saturated carbocycles. The Morgan fingerprint density at radius 2 is 2.04 bits per heavy atom. The first-order valence-electron chi connectivity index (χ1n) is 9.14. The average Bonchev–Trinajstić information content (AvgIpc) is 2.91. The van der Waals surface area contributed by atoms with Crippen LogP contribution in [0.15, 0.2) is 18.2 Å². The van der Waals surface area contributed by atoms with Crippen LogP contribution in [0.3, 0.4) is 0 Å². The minimum absolute atomic E-state index is 0.0208. The van der Waals surface area contributed by atoms with Crippen LogP contribution in [0.2, 0.25) is 5.02 Å². The van der Waals surface area contributed by atoms with Crippen LogP contribution in [0, 0.1) is 18.8 Å². The zero-order valence-electron chi connectivity index (χ0n) is 15.6. The molecule has 5 heteroatoms. The molecule has 2 rings (SSSR count). The van der Waals surface area contributed by atoms with Crippen molar-refractivity contribution in [2.45, 2.75) is 59.4 Å². The highest BCUT2D eigenvalue weighted by Crippen LogP contribution is 2.29. The van der Waals surface area contributed by atoms with Crippen molar-refractivity contribution in [1.82, 2.24) is 5.32 Å². The maximum atomic E-state index is 12.5. The number of aryl methyl sites for hydroxylation is 1. The second-order valence-electron chi connectivity index (χ2n) is 7.57. The van der Waals surface area contributed by atoms with Crippen molar-refractivity contribution in [3.63, 3.8) is 0 Å². The van der Waals surface area contributed by atoms with Crippen LogP contribution in [0.1, 0.15) is 52.0 Å². The smallest absolute Gasteiger partial charge is 0.227 e. The summed E-state index contributed by atoms with van der Waals surface area (Å²) in [7, 11) is 0. The Labute approximate surface area is 155 Å². The third-order valence-electron chi connectivity index (χ3n) is 4.77. The van der Waals surface area contributed by atoms with E-state index in [2.05, 4.69) is 19.2 Å². The molecule has 1 saturated heterocycles. The Hall–Kier alpha value is -1.55. The minimum atomic E-state index is -0.292. The summed E-state index contributed by atoms with van der Waals surface area (Å²) in [4.78, 5) is 26.5. The van der Waals surface area contributed by atoms with Crippen molar-refractivity contribution in [1.29, 1.82) is 0 Å². The molecule has 2 amide bonds. The number of benzene rings is 1. The summed E-state index contributed by atoms with van der Waals surface area (Å²) >= 11 is 6.16. The van der Waals surface area contributed by atoms with Gasteiger partial charge >= 0.3 is 0 Å². The normalized spacial score (nSPS) is 18.7. The van der Waals surface area contributed by atoms with E-state index in [-0.39, 0.29) is 30.2 Å². The van der Waals surface area contributed by atoms with Gasteiger partial charge < -0.3 is 10.2 Å². The zero-order chi connectivity index (χ0) is 18.6. The van der Waals surface area contributed by atoms with Gasteiger partial charge in [-0.25, -0.2) is 0 Å². The third-order valence-corrected chi connectivity index (χ3v) is 5.18. The third kappa shape index (κ3) is 5.46. The van der Waals surface area contributed by atoms with Gasteiger partial charge in [-0.2, -0.15) is 0 Å². The number of hydrogen-bond acceptors (Lipinski definition) is 2.